The molecule has 0 saturated heterocycles. The Morgan fingerprint density at radius 1 is 0.885 bits per heavy atom. The minimum absolute atomic E-state index is 0.411. The van der Waals surface area contributed by atoms with E-state index in [0.29, 0.717) is 28.8 Å². The van der Waals surface area contributed by atoms with Crippen LogP contribution in [0.5, 0.6) is 11.5 Å². The number of nitrogen functional groups attached to an aromatic ring is 1. The molecule has 0 amide bonds. The first-order valence-electron chi connectivity index (χ1n) is 8.04. The zero-order valence-electron chi connectivity index (χ0n) is 14.9. The van der Waals surface area contributed by atoms with Crippen LogP contribution in [0.15, 0.2) is 48.8 Å². The lowest BCUT2D eigenvalue weighted by atomic mass is 10.2. The summed E-state index contributed by atoms with van der Waals surface area (Å²) in [4.78, 5) is 8.49. The maximum Gasteiger partial charge on any atom is 0.159 e. The minimum Gasteiger partial charge on any atom is -0.497 e. The van der Waals surface area contributed by atoms with Crippen molar-refractivity contribution in [3.63, 3.8) is 0 Å². The zero-order chi connectivity index (χ0) is 18.5. The molecular formula is C19H21N5O2. The normalized spacial score (nSPS) is 10.3. The van der Waals surface area contributed by atoms with Crippen molar-refractivity contribution in [3.8, 4) is 11.5 Å². The lowest BCUT2D eigenvalue weighted by Gasteiger charge is -2.15. The van der Waals surface area contributed by atoms with Crippen LogP contribution in [0.3, 0.4) is 0 Å². The molecule has 0 aliphatic carbocycles. The van der Waals surface area contributed by atoms with Gasteiger partial charge < -0.3 is 25.8 Å². The topological polar surface area (TPSA) is 94.3 Å². The van der Waals surface area contributed by atoms with E-state index < -0.39 is 0 Å². The van der Waals surface area contributed by atoms with Crippen LogP contribution in [0.1, 0.15) is 5.56 Å². The van der Waals surface area contributed by atoms with Crippen molar-refractivity contribution in [2.45, 2.75) is 6.92 Å². The largest absolute Gasteiger partial charge is 0.497 e. The van der Waals surface area contributed by atoms with Crippen molar-refractivity contribution in [1.29, 1.82) is 0 Å². The summed E-state index contributed by atoms with van der Waals surface area (Å²) in [5.74, 6) is 2.34. The number of aromatic nitrogens is 2. The van der Waals surface area contributed by atoms with Crippen LogP contribution >= 0.6 is 0 Å². The van der Waals surface area contributed by atoms with E-state index >= 15 is 0 Å². The number of ether oxygens (including phenoxy) is 2. The average molecular weight is 351 g/mol. The van der Waals surface area contributed by atoms with Gasteiger partial charge in [0.05, 0.1) is 19.9 Å². The summed E-state index contributed by atoms with van der Waals surface area (Å²) in [6.07, 6.45) is 1.45. The third-order valence-corrected chi connectivity index (χ3v) is 3.94. The van der Waals surface area contributed by atoms with E-state index in [1.54, 1.807) is 20.3 Å². The molecule has 0 aliphatic rings. The number of methoxy groups -OCH3 is 2. The summed E-state index contributed by atoms with van der Waals surface area (Å²) < 4.78 is 10.6. The number of para-hydroxylation sites is 1. The molecule has 1 heterocycles. The van der Waals surface area contributed by atoms with E-state index in [4.69, 9.17) is 15.2 Å². The van der Waals surface area contributed by atoms with Crippen LogP contribution in [-0.4, -0.2) is 24.2 Å². The highest BCUT2D eigenvalue weighted by Crippen LogP contribution is 2.34. The molecule has 134 valence electrons. The maximum atomic E-state index is 6.26. The summed E-state index contributed by atoms with van der Waals surface area (Å²) in [5, 5.41) is 6.43. The highest BCUT2D eigenvalue weighted by molar-refractivity contribution is 5.82. The Hall–Kier alpha value is -3.48. The number of aryl methyl sites for hydroxylation is 1. The van der Waals surface area contributed by atoms with Gasteiger partial charge in [-0.25, -0.2) is 9.97 Å². The van der Waals surface area contributed by atoms with Gasteiger partial charge in [0.25, 0.3) is 0 Å². The molecule has 0 unspecified atom stereocenters. The number of hydrogen-bond donors (Lipinski definition) is 3. The number of rotatable bonds is 6. The molecule has 0 saturated carbocycles. The summed E-state index contributed by atoms with van der Waals surface area (Å²) >= 11 is 0. The van der Waals surface area contributed by atoms with Crippen LogP contribution in [0.25, 0.3) is 0 Å². The summed E-state index contributed by atoms with van der Waals surface area (Å²) in [6.45, 7) is 2.01. The Morgan fingerprint density at radius 2 is 1.58 bits per heavy atom. The van der Waals surface area contributed by atoms with E-state index in [-0.39, 0.29) is 0 Å². The van der Waals surface area contributed by atoms with Crippen LogP contribution in [0.2, 0.25) is 0 Å². The molecule has 0 radical (unpaired) electrons. The fourth-order valence-corrected chi connectivity index (χ4v) is 2.46. The monoisotopic (exact) mass is 351 g/mol. The number of nitrogens with zero attached hydrogens (tertiary/aromatic N) is 2. The molecule has 2 aromatic carbocycles. The highest BCUT2D eigenvalue weighted by Gasteiger charge is 2.12. The number of nitrogens with one attached hydrogen (secondary N) is 2. The Morgan fingerprint density at radius 3 is 2.23 bits per heavy atom. The van der Waals surface area contributed by atoms with Crippen LogP contribution in [0, 0.1) is 6.92 Å². The first kappa shape index (κ1) is 17.3. The van der Waals surface area contributed by atoms with Crippen molar-refractivity contribution in [3.05, 3.63) is 54.4 Å². The Kier molecular flexibility index (Phi) is 5.07. The number of benzene rings is 2. The van der Waals surface area contributed by atoms with Gasteiger partial charge in [-0.1, -0.05) is 18.2 Å². The second kappa shape index (κ2) is 7.60. The highest BCUT2D eigenvalue weighted by atomic mass is 16.5. The molecule has 7 nitrogen and oxygen atoms in total. The fraction of sp³-hybridized carbons (Fsp3) is 0.158. The molecule has 3 rings (SSSR count). The zero-order valence-corrected chi connectivity index (χ0v) is 14.9. The quantitative estimate of drug-likeness (QED) is 0.620. The predicted octanol–water partition coefficient (Wildman–Crippen LogP) is 3.87. The number of hydrogen-bond acceptors (Lipinski definition) is 7. The van der Waals surface area contributed by atoms with Crippen LogP contribution < -0.4 is 25.8 Å². The van der Waals surface area contributed by atoms with Gasteiger partial charge in [0.1, 0.15) is 23.5 Å². The standard InChI is InChI=1S/C19H21N5O2/c1-12-6-4-5-7-14(12)23-18-17(20)19(22-11-21-18)24-15-9-8-13(25-2)10-16(15)26-3/h4-11H,20H2,1-3H3,(H2,21,22,23,24). The second-order valence-electron chi connectivity index (χ2n) is 5.62. The summed E-state index contributed by atoms with van der Waals surface area (Å²) in [6, 6.07) is 13.4. The number of nitrogens with two attached hydrogens (primary N) is 1. The Labute approximate surface area is 152 Å². The van der Waals surface area contributed by atoms with Crippen molar-refractivity contribution >= 4 is 28.7 Å². The molecule has 4 N–H and O–H groups in total. The molecule has 0 aliphatic heterocycles. The molecule has 26 heavy (non-hydrogen) atoms. The van der Waals surface area contributed by atoms with Crippen LogP contribution in [0.4, 0.5) is 28.7 Å². The van der Waals surface area contributed by atoms with Gasteiger partial charge in [-0.3, -0.25) is 0 Å². The molecule has 7 heteroatoms. The van der Waals surface area contributed by atoms with E-state index in [1.807, 2.05) is 43.3 Å². The third-order valence-electron chi connectivity index (χ3n) is 3.94. The van der Waals surface area contributed by atoms with E-state index in [0.717, 1.165) is 16.9 Å². The molecule has 0 spiro atoms. The molecule has 0 atom stereocenters. The SMILES string of the molecule is COc1ccc(Nc2ncnc(Nc3ccccc3C)c2N)c(OC)c1. The first-order valence-corrected chi connectivity index (χ1v) is 8.04. The van der Waals surface area contributed by atoms with Gasteiger partial charge in [0, 0.05) is 11.8 Å². The van der Waals surface area contributed by atoms with Gasteiger partial charge in [-0.15, -0.1) is 0 Å². The van der Waals surface area contributed by atoms with E-state index in [2.05, 4.69) is 20.6 Å². The van der Waals surface area contributed by atoms with Gasteiger partial charge in [-0.2, -0.15) is 0 Å². The Bertz CT molecular complexity index is 914. The van der Waals surface area contributed by atoms with Crippen molar-refractivity contribution < 1.29 is 9.47 Å². The van der Waals surface area contributed by atoms with E-state index in [1.165, 1.54) is 6.33 Å². The van der Waals surface area contributed by atoms with Crippen molar-refractivity contribution in [2.75, 3.05) is 30.6 Å². The minimum atomic E-state index is 0.411. The van der Waals surface area contributed by atoms with Gasteiger partial charge >= 0.3 is 0 Å². The molecule has 3 aromatic rings. The predicted molar refractivity (Wildman–Crippen MR) is 104 cm³/mol. The Balaban J connectivity index is 1.89. The first-order chi connectivity index (χ1) is 12.6. The van der Waals surface area contributed by atoms with E-state index in [9.17, 15) is 0 Å². The fourth-order valence-electron chi connectivity index (χ4n) is 2.46. The van der Waals surface area contributed by atoms with Crippen LogP contribution in [-0.2, 0) is 0 Å². The third kappa shape index (κ3) is 3.61. The molecular weight excluding hydrogens is 330 g/mol. The van der Waals surface area contributed by atoms with Gasteiger partial charge in [0.2, 0.25) is 0 Å². The molecule has 0 bridgehead atoms. The average Bonchev–Trinajstić information content (AvgIpc) is 2.67. The smallest absolute Gasteiger partial charge is 0.159 e. The van der Waals surface area contributed by atoms with Gasteiger partial charge in [-0.05, 0) is 30.7 Å². The maximum absolute atomic E-state index is 6.26. The summed E-state index contributed by atoms with van der Waals surface area (Å²) in [7, 11) is 3.20. The lowest BCUT2D eigenvalue weighted by Crippen LogP contribution is -2.06. The molecule has 1 aromatic heterocycles. The van der Waals surface area contributed by atoms with Crippen molar-refractivity contribution in [1.82, 2.24) is 9.97 Å². The summed E-state index contributed by atoms with van der Waals surface area (Å²) in [5.41, 5.74) is 9.42. The molecule has 0 fully saturated rings. The lowest BCUT2D eigenvalue weighted by molar-refractivity contribution is 0.395. The second-order valence-corrected chi connectivity index (χ2v) is 5.62. The van der Waals surface area contributed by atoms with Gasteiger partial charge in [0.15, 0.2) is 11.6 Å². The van der Waals surface area contributed by atoms with Crippen molar-refractivity contribution in [2.24, 2.45) is 0 Å². The number of anilines is 5.